The largest absolute Gasteiger partial charge is 0.507 e. The number of rotatable bonds is 11. The Morgan fingerprint density at radius 1 is 1.07 bits per heavy atom. The smallest absolute Gasteiger partial charge is 0.216 e. The summed E-state index contributed by atoms with van der Waals surface area (Å²) in [5.74, 6) is 2.27. The summed E-state index contributed by atoms with van der Waals surface area (Å²) in [7, 11) is 0. The summed E-state index contributed by atoms with van der Waals surface area (Å²) in [6, 6.07) is 11.9. The predicted octanol–water partition coefficient (Wildman–Crippen LogP) is 7.30. The number of hydrogen-bond donors (Lipinski definition) is 2. The Morgan fingerprint density at radius 2 is 1.67 bits per heavy atom. The average molecular weight is 643 g/mol. The van der Waals surface area contributed by atoms with E-state index in [1.54, 1.807) is 0 Å². The van der Waals surface area contributed by atoms with Gasteiger partial charge in [0.2, 0.25) is 5.91 Å². The highest BCUT2D eigenvalue weighted by Gasteiger charge is 2.40. The van der Waals surface area contributed by atoms with Crippen molar-refractivity contribution in [1.82, 2.24) is 10.2 Å². The van der Waals surface area contributed by atoms with Crippen molar-refractivity contribution in [2.45, 2.75) is 91.4 Å². The van der Waals surface area contributed by atoms with E-state index < -0.39 is 0 Å². The van der Waals surface area contributed by atoms with Crippen molar-refractivity contribution in [3.63, 3.8) is 0 Å². The van der Waals surface area contributed by atoms with Crippen molar-refractivity contribution >= 4 is 33.7 Å². The molecule has 3 rings (SSSR count). The van der Waals surface area contributed by atoms with Gasteiger partial charge in [-0.3, -0.25) is 9.59 Å². The summed E-state index contributed by atoms with van der Waals surface area (Å²) in [6.07, 6.45) is 2.79. The molecule has 0 spiro atoms. The quantitative estimate of drug-likeness (QED) is 0.198. The Balaban J connectivity index is 1.83. The number of phenolic OH excluding ortho intramolecular Hbond substituents is 1. The lowest BCUT2D eigenvalue weighted by Crippen LogP contribution is -2.32. The van der Waals surface area contributed by atoms with E-state index in [9.17, 15) is 14.7 Å². The van der Waals surface area contributed by atoms with Gasteiger partial charge in [-0.25, -0.2) is 0 Å². The zero-order chi connectivity index (χ0) is 31.2. The molecule has 0 unspecified atom stereocenters. The van der Waals surface area contributed by atoms with Crippen molar-refractivity contribution in [3.05, 3.63) is 58.7 Å². The minimum atomic E-state index is -0.310. The number of amides is 1. The number of amidine groups is 1. The highest BCUT2D eigenvalue weighted by molar-refractivity contribution is 9.08. The van der Waals surface area contributed by atoms with E-state index in [2.05, 4.69) is 91.0 Å². The molecule has 2 atom stereocenters. The molecule has 1 amide bonds. The standard InChI is InChI=1S/C34H48BrN3O4/c1-9-11-24-20-38(21-29(40)25-18-27(33(3,4)5)31(41)28(19-25)34(6,7)8)32(37-35)30(24)23-12-14-26(15-13-23)42-17-10-16-36-22(2)39/h12-15,18-19,24,30,41H,9-11,16-17,20-21H2,1-8H3,(H,36,39)/t24-,30+/m0/s1. The van der Waals surface area contributed by atoms with Crippen LogP contribution in [0.25, 0.3) is 0 Å². The number of halogens is 1. The molecule has 2 aromatic rings. The third kappa shape index (κ3) is 8.36. The maximum Gasteiger partial charge on any atom is 0.216 e. The van der Waals surface area contributed by atoms with Crippen LogP contribution in [0.15, 0.2) is 40.4 Å². The average Bonchev–Trinajstić information content (AvgIpc) is 3.24. The Morgan fingerprint density at radius 3 is 2.17 bits per heavy atom. The van der Waals surface area contributed by atoms with Gasteiger partial charge < -0.3 is 20.1 Å². The van der Waals surface area contributed by atoms with Crippen LogP contribution in [0.4, 0.5) is 0 Å². The molecular weight excluding hydrogens is 594 g/mol. The summed E-state index contributed by atoms with van der Waals surface area (Å²) >= 11 is 3.38. The summed E-state index contributed by atoms with van der Waals surface area (Å²) in [4.78, 5) is 27.0. The number of aromatic hydroxyl groups is 1. The molecule has 1 heterocycles. The molecule has 0 aliphatic carbocycles. The van der Waals surface area contributed by atoms with Gasteiger partial charge in [-0.1, -0.05) is 67.0 Å². The van der Waals surface area contributed by atoms with E-state index in [1.807, 2.05) is 24.3 Å². The summed E-state index contributed by atoms with van der Waals surface area (Å²) < 4.78 is 10.4. The molecule has 42 heavy (non-hydrogen) atoms. The number of phenols is 1. The first kappa shape index (κ1) is 33.6. The first-order valence-corrected chi connectivity index (χ1v) is 15.7. The zero-order valence-electron chi connectivity index (χ0n) is 26.5. The number of Topliss-reactive ketones (excluding diaryl/α,β-unsaturated/α-hetero) is 1. The van der Waals surface area contributed by atoms with Gasteiger partial charge >= 0.3 is 0 Å². The fourth-order valence-electron chi connectivity index (χ4n) is 5.69. The monoisotopic (exact) mass is 641 g/mol. The summed E-state index contributed by atoms with van der Waals surface area (Å²) in [5.41, 5.74) is 2.71. The number of carbonyl (C=O) groups excluding carboxylic acids is 2. The van der Waals surface area contributed by atoms with Gasteiger partial charge in [0.1, 0.15) is 17.3 Å². The van der Waals surface area contributed by atoms with Gasteiger partial charge in [-0.05, 0) is 59.4 Å². The van der Waals surface area contributed by atoms with Crippen LogP contribution in [0.1, 0.15) is 108 Å². The Labute approximate surface area is 260 Å². The molecule has 1 aliphatic rings. The lowest BCUT2D eigenvalue weighted by molar-refractivity contribution is -0.118. The van der Waals surface area contributed by atoms with Crippen molar-refractivity contribution in [2.75, 3.05) is 26.2 Å². The van der Waals surface area contributed by atoms with Crippen LogP contribution < -0.4 is 10.1 Å². The van der Waals surface area contributed by atoms with Gasteiger partial charge in [0, 0.05) is 42.6 Å². The predicted molar refractivity (Wildman–Crippen MR) is 174 cm³/mol. The fourth-order valence-corrected chi connectivity index (χ4v) is 6.14. The highest BCUT2D eigenvalue weighted by Crippen LogP contribution is 2.41. The van der Waals surface area contributed by atoms with Crippen LogP contribution in [0.3, 0.4) is 0 Å². The molecular formula is C34H48BrN3O4. The molecule has 0 radical (unpaired) electrons. The second kappa shape index (κ2) is 14.1. The number of hydrogen-bond acceptors (Lipinski definition) is 5. The molecule has 0 saturated carbocycles. The molecule has 2 aromatic carbocycles. The maximum atomic E-state index is 13.8. The SMILES string of the molecule is CCC[C@H]1CN(CC(=O)c2cc(C(C)(C)C)c(O)c(C(C)(C)C)c2)C(=NBr)[C@@H]1c1ccc(OCCCNC(C)=O)cc1. The van der Waals surface area contributed by atoms with Gasteiger partial charge in [-0.2, -0.15) is 4.02 Å². The van der Waals surface area contributed by atoms with Crippen molar-refractivity contribution in [2.24, 2.45) is 9.94 Å². The number of nitrogens with zero attached hydrogens (tertiary/aromatic N) is 2. The van der Waals surface area contributed by atoms with E-state index >= 15 is 0 Å². The van der Waals surface area contributed by atoms with Crippen molar-refractivity contribution < 1.29 is 19.4 Å². The number of ketones is 1. The molecule has 1 saturated heterocycles. The second-order valence-corrected chi connectivity index (χ2v) is 13.8. The molecule has 0 aromatic heterocycles. The van der Waals surface area contributed by atoms with E-state index in [1.165, 1.54) is 6.92 Å². The lowest BCUT2D eigenvalue weighted by atomic mass is 9.78. The topological polar surface area (TPSA) is 91.2 Å². The number of likely N-dealkylation sites (tertiary alicyclic amines) is 1. The highest BCUT2D eigenvalue weighted by atomic mass is 79.9. The van der Waals surface area contributed by atoms with E-state index in [-0.39, 0.29) is 40.7 Å². The van der Waals surface area contributed by atoms with Crippen molar-refractivity contribution in [3.8, 4) is 11.5 Å². The Kier molecular flexibility index (Phi) is 11.3. The van der Waals surface area contributed by atoms with Crippen LogP contribution in [-0.4, -0.2) is 53.8 Å². The number of carbonyl (C=O) groups is 2. The van der Waals surface area contributed by atoms with Crippen molar-refractivity contribution in [1.29, 1.82) is 0 Å². The van der Waals surface area contributed by atoms with Gasteiger partial charge in [0.05, 0.1) is 29.3 Å². The second-order valence-electron chi connectivity index (χ2n) is 13.4. The minimum Gasteiger partial charge on any atom is -0.507 e. The van der Waals surface area contributed by atoms with Crippen LogP contribution in [-0.2, 0) is 15.6 Å². The first-order valence-electron chi connectivity index (χ1n) is 15.0. The Bertz CT molecular complexity index is 1240. The van der Waals surface area contributed by atoms with Crippen LogP contribution in [0.2, 0.25) is 0 Å². The third-order valence-electron chi connectivity index (χ3n) is 7.86. The number of benzene rings is 2. The fraction of sp³-hybridized carbons (Fsp3) is 0.559. The molecule has 1 fully saturated rings. The molecule has 2 N–H and O–H groups in total. The van der Waals surface area contributed by atoms with Gasteiger partial charge in [0.15, 0.2) is 5.78 Å². The minimum absolute atomic E-state index is 0.0126. The van der Waals surface area contributed by atoms with E-state index in [0.29, 0.717) is 24.6 Å². The maximum absolute atomic E-state index is 13.8. The van der Waals surface area contributed by atoms with Crippen LogP contribution >= 0.6 is 16.1 Å². The number of nitrogens with one attached hydrogen (secondary N) is 1. The molecule has 8 heteroatoms. The van der Waals surface area contributed by atoms with Gasteiger partial charge in [-0.15, -0.1) is 0 Å². The lowest BCUT2D eigenvalue weighted by Gasteiger charge is -2.28. The van der Waals surface area contributed by atoms with E-state index in [4.69, 9.17) is 4.74 Å². The molecule has 0 bridgehead atoms. The van der Waals surface area contributed by atoms with Gasteiger partial charge in [0.25, 0.3) is 0 Å². The van der Waals surface area contributed by atoms with Crippen LogP contribution in [0, 0.1) is 5.92 Å². The summed E-state index contributed by atoms with van der Waals surface area (Å²) in [5, 5.41) is 13.9. The van der Waals surface area contributed by atoms with Crippen LogP contribution in [0.5, 0.6) is 11.5 Å². The number of ether oxygens (including phenoxy) is 1. The molecule has 1 aliphatic heterocycles. The molecule has 230 valence electrons. The summed E-state index contributed by atoms with van der Waals surface area (Å²) in [6.45, 7) is 18.1. The first-order chi connectivity index (χ1) is 19.7. The normalized spacial score (nSPS) is 18.4. The molecule has 7 nitrogen and oxygen atoms in total. The van der Waals surface area contributed by atoms with E-state index in [0.717, 1.165) is 54.1 Å². The third-order valence-corrected chi connectivity index (χ3v) is 8.22. The Hall–Kier alpha value is -2.87. The zero-order valence-corrected chi connectivity index (χ0v) is 28.1.